The quantitative estimate of drug-likeness (QED) is 0.708. The van der Waals surface area contributed by atoms with Crippen LogP contribution in [0.2, 0.25) is 0 Å². The number of hydrogen-bond acceptors (Lipinski definition) is 3. The molecule has 0 amide bonds. The van der Waals surface area contributed by atoms with Gasteiger partial charge in [-0.2, -0.15) is 5.26 Å². The fourth-order valence-corrected chi connectivity index (χ4v) is 2.50. The Kier molecular flexibility index (Phi) is 1.84. The third kappa shape index (κ3) is 1.12. The van der Waals surface area contributed by atoms with Crippen molar-refractivity contribution in [3.8, 4) is 6.07 Å². The largest absolute Gasteiger partial charge is 0.481 e. The van der Waals surface area contributed by atoms with Crippen molar-refractivity contribution in [1.82, 2.24) is 0 Å². The Hall–Kier alpha value is -1.37. The Balaban J connectivity index is 2.22. The third-order valence-corrected chi connectivity index (χ3v) is 3.45. The molecule has 4 heteroatoms. The first-order valence-electron chi connectivity index (χ1n) is 4.75. The third-order valence-electron chi connectivity index (χ3n) is 3.45. The van der Waals surface area contributed by atoms with Crippen molar-refractivity contribution in [2.24, 2.45) is 17.3 Å². The van der Waals surface area contributed by atoms with Crippen molar-refractivity contribution in [2.45, 2.75) is 25.7 Å². The summed E-state index contributed by atoms with van der Waals surface area (Å²) >= 11 is 0. The van der Waals surface area contributed by atoms with Crippen LogP contribution in [-0.4, -0.2) is 16.9 Å². The summed E-state index contributed by atoms with van der Waals surface area (Å²) in [5.74, 6) is -1.10. The first-order chi connectivity index (χ1) is 6.60. The summed E-state index contributed by atoms with van der Waals surface area (Å²) in [5, 5.41) is 17.8. The molecule has 0 aromatic rings. The highest BCUT2D eigenvalue weighted by molar-refractivity contribution is 5.90. The number of hydrogen-bond donors (Lipinski definition) is 1. The Morgan fingerprint density at radius 1 is 1.64 bits per heavy atom. The van der Waals surface area contributed by atoms with Gasteiger partial charge in [-0.1, -0.05) is 0 Å². The molecule has 1 unspecified atom stereocenters. The molecule has 3 atom stereocenters. The van der Waals surface area contributed by atoms with E-state index in [4.69, 9.17) is 10.4 Å². The number of carbonyl (C=O) groups is 2. The highest BCUT2D eigenvalue weighted by Gasteiger charge is 2.60. The van der Waals surface area contributed by atoms with Gasteiger partial charge in [0.25, 0.3) is 0 Å². The Bertz CT molecular complexity index is 344. The summed E-state index contributed by atoms with van der Waals surface area (Å²) in [6.45, 7) is 0. The molecule has 0 bridgehead atoms. The summed E-state index contributed by atoms with van der Waals surface area (Å²) in [6.07, 6.45) is 1.56. The number of Topliss-reactive ketones (excluding diaryl/α,β-unsaturated/α-hetero) is 1. The summed E-state index contributed by atoms with van der Waals surface area (Å²) in [5.41, 5.74) is -0.905. The topological polar surface area (TPSA) is 78.2 Å². The molecule has 0 aromatic heterocycles. The molecule has 2 rings (SSSR count). The van der Waals surface area contributed by atoms with E-state index in [9.17, 15) is 9.59 Å². The van der Waals surface area contributed by atoms with Crippen LogP contribution in [0.15, 0.2) is 0 Å². The molecule has 2 aliphatic carbocycles. The minimum absolute atomic E-state index is 0.0241. The molecule has 2 aliphatic rings. The molecule has 4 nitrogen and oxygen atoms in total. The van der Waals surface area contributed by atoms with Gasteiger partial charge in [-0.25, -0.2) is 0 Å². The molecule has 0 radical (unpaired) electrons. The van der Waals surface area contributed by atoms with E-state index in [2.05, 4.69) is 6.07 Å². The molecule has 1 N–H and O–H groups in total. The first kappa shape index (κ1) is 9.20. The lowest BCUT2D eigenvalue weighted by Gasteiger charge is -2.22. The number of nitriles is 1. The Morgan fingerprint density at radius 3 is 2.71 bits per heavy atom. The molecule has 0 heterocycles. The Labute approximate surface area is 81.5 Å². The molecule has 0 spiro atoms. The lowest BCUT2D eigenvalue weighted by Crippen LogP contribution is -2.31. The maximum Gasteiger partial charge on any atom is 0.310 e. The van der Waals surface area contributed by atoms with Crippen molar-refractivity contribution in [3.63, 3.8) is 0 Å². The number of ketones is 1. The lowest BCUT2D eigenvalue weighted by atomic mass is 9.80. The van der Waals surface area contributed by atoms with Crippen molar-refractivity contribution >= 4 is 11.8 Å². The number of nitrogens with zero attached hydrogens (tertiary/aromatic N) is 1. The molecule has 0 aliphatic heterocycles. The van der Waals surface area contributed by atoms with Crippen LogP contribution in [0.3, 0.4) is 0 Å². The minimum atomic E-state index is -0.905. The summed E-state index contributed by atoms with van der Waals surface area (Å²) in [4.78, 5) is 22.3. The van der Waals surface area contributed by atoms with Gasteiger partial charge >= 0.3 is 5.97 Å². The van der Waals surface area contributed by atoms with Gasteiger partial charge < -0.3 is 5.11 Å². The first-order valence-corrected chi connectivity index (χ1v) is 4.75. The van der Waals surface area contributed by atoms with Crippen LogP contribution in [0.1, 0.15) is 25.7 Å². The number of aliphatic carboxylic acids is 1. The fourth-order valence-electron chi connectivity index (χ4n) is 2.50. The van der Waals surface area contributed by atoms with Gasteiger partial charge in [0.05, 0.1) is 17.4 Å². The molecular weight excluding hydrogens is 182 g/mol. The van der Waals surface area contributed by atoms with Gasteiger partial charge in [-0.15, -0.1) is 0 Å². The monoisotopic (exact) mass is 193 g/mol. The number of carboxylic acid groups (broad SMARTS) is 1. The van der Waals surface area contributed by atoms with E-state index in [-0.39, 0.29) is 24.0 Å². The normalized spacial score (nSPS) is 40.6. The van der Waals surface area contributed by atoms with E-state index in [0.29, 0.717) is 19.3 Å². The van der Waals surface area contributed by atoms with Gasteiger partial charge in [0.2, 0.25) is 0 Å². The van der Waals surface area contributed by atoms with Crippen molar-refractivity contribution in [1.29, 1.82) is 5.26 Å². The fraction of sp³-hybridized carbons (Fsp3) is 0.700. The summed E-state index contributed by atoms with van der Waals surface area (Å²) in [6, 6.07) is 2.09. The van der Waals surface area contributed by atoms with Gasteiger partial charge in [0, 0.05) is 12.8 Å². The second-order valence-corrected chi connectivity index (χ2v) is 4.25. The average molecular weight is 193 g/mol. The zero-order valence-electron chi connectivity index (χ0n) is 7.69. The zero-order valence-corrected chi connectivity index (χ0v) is 7.69. The van der Waals surface area contributed by atoms with E-state index >= 15 is 0 Å². The van der Waals surface area contributed by atoms with Gasteiger partial charge in [0.1, 0.15) is 5.78 Å². The zero-order chi connectivity index (χ0) is 10.3. The number of carbonyl (C=O) groups excluding carboxylic acids is 1. The van der Waals surface area contributed by atoms with E-state index in [1.807, 2.05) is 0 Å². The maximum absolute atomic E-state index is 11.2. The summed E-state index contributed by atoms with van der Waals surface area (Å²) in [7, 11) is 0. The van der Waals surface area contributed by atoms with Crippen LogP contribution < -0.4 is 0 Å². The standard InChI is InChI=1S/C10H11NO3/c11-5-6-3-8(6)10(9(13)14)2-1-7(12)4-10/h6,8H,1-4H2,(H,13,14)/t6-,8+,10?/m0/s1. The van der Waals surface area contributed by atoms with Crippen LogP contribution in [-0.2, 0) is 9.59 Å². The number of rotatable bonds is 2. The van der Waals surface area contributed by atoms with Crippen LogP contribution in [0.5, 0.6) is 0 Å². The second kappa shape index (κ2) is 2.81. The number of carboxylic acids is 1. The van der Waals surface area contributed by atoms with E-state index < -0.39 is 11.4 Å². The lowest BCUT2D eigenvalue weighted by molar-refractivity contribution is -0.151. The van der Waals surface area contributed by atoms with Gasteiger partial charge in [-0.3, -0.25) is 9.59 Å². The molecule has 74 valence electrons. The highest BCUT2D eigenvalue weighted by Crippen LogP contribution is 2.57. The van der Waals surface area contributed by atoms with E-state index in [1.165, 1.54) is 0 Å². The van der Waals surface area contributed by atoms with E-state index in [1.54, 1.807) is 0 Å². The summed E-state index contributed by atoms with van der Waals surface area (Å²) < 4.78 is 0. The minimum Gasteiger partial charge on any atom is -0.481 e. The average Bonchev–Trinajstić information content (AvgIpc) is 2.83. The molecule has 0 aromatic carbocycles. The SMILES string of the molecule is N#C[C@@H]1C[C@H]1C1(C(=O)O)CCC(=O)C1. The van der Waals surface area contributed by atoms with Gasteiger partial charge in [0.15, 0.2) is 0 Å². The molecular formula is C10H11NO3. The second-order valence-electron chi connectivity index (χ2n) is 4.25. The molecule has 2 saturated carbocycles. The van der Waals surface area contributed by atoms with Crippen LogP contribution >= 0.6 is 0 Å². The van der Waals surface area contributed by atoms with Crippen LogP contribution in [0.4, 0.5) is 0 Å². The van der Waals surface area contributed by atoms with Crippen LogP contribution in [0, 0.1) is 28.6 Å². The van der Waals surface area contributed by atoms with Crippen LogP contribution in [0.25, 0.3) is 0 Å². The molecule has 2 fully saturated rings. The van der Waals surface area contributed by atoms with Crippen molar-refractivity contribution in [3.05, 3.63) is 0 Å². The predicted octanol–water partition coefficient (Wildman–Crippen LogP) is 0.970. The highest BCUT2D eigenvalue weighted by atomic mass is 16.4. The van der Waals surface area contributed by atoms with E-state index in [0.717, 1.165) is 0 Å². The molecule has 14 heavy (non-hydrogen) atoms. The van der Waals surface area contributed by atoms with Crippen molar-refractivity contribution in [2.75, 3.05) is 0 Å². The predicted molar refractivity (Wildman–Crippen MR) is 46.1 cm³/mol. The van der Waals surface area contributed by atoms with Gasteiger partial charge in [-0.05, 0) is 18.8 Å². The van der Waals surface area contributed by atoms with Crippen molar-refractivity contribution < 1.29 is 14.7 Å². The molecule has 0 saturated heterocycles. The Morgan fingerprint density at radius 2 is 2.36 bits per heavy atom. The maximum atomic E-state index is 11.2. The smallest absolute Gasteiger partial charge is 0.310 e.